The molecule has 47 heavy (non-hydrogen) atoms. The van der Waals surface area contributed by atoms with Crippen molar-refractivity contribution in [3.8, 4) is 11.5 Å². The molecule has 7 nitrogen and oxygen atoms in total. The van der Waals surface area contributed by atoms with Gasteiger partial charge in [0.05, 0.1) is 23.5 Å². The van der Waals surface area contributed by atoms with Crippen molar-refractivity contribution in [1.29, 1.82) is 0 Å². The zero-order valence-corrected chi connectivity index (χ0v) is 28.6. The van der Waals surface area contributed by atoms with Crippen LogP contribution in [0.5, 0.6) is 11.5 Å². The van der Waals surface area contributed by atoms with Gasteiger partial charge in [-0.25, -0.2) is 4.39 Å². The second-order valence-corrected chi connectivity index (χ2v) is 14.0. The van der Waals surface area contributed by atoms with Crippen molar-refractivity contribution in [2.75, 3.05) is 32.2 Å². The second-order valence-electron chi connectivity index (χ2n) is 12.5. The Bertz CT molecular complexity index is 1400. The van der Waals surface area contributed by atoms with E-state index in [2.05, 4.69) is 25.6 Å². The Hall–Kier alpha value is -2.85. The number of thioether (sulfide) groups is 1. The van der Waals surface area contributed by atoms with E-state index in [9.17, 15) is 14.6 Å². The molecule has 256 valence electrons. The predicted molar refractivity (Wildman–Crippen MR) is 185 cm³/mol. The third kappa shape index (κ3) is 7.74. The van der Waals surface area contributed by atoms with Gasteiger partial charge >= 0.3 is 0 Å². The van der Waals surface area contributed by atoms with Crippen molar-refractivity contribution in [2.24, 2.45) is 22.9 Å². The Kier molecular flexibility index (Phi) is 12.8. The van der Waals surface area contributed by atoms with E-state index in [1.807, 2.05) is 36.9 Å². The van der Waals surface area contributed by atoms with Gasteiger partial charge in [-0.15, -0.1) is 6.58 Å². The van der Waals surface area contributed by atoms with E-state index in [1.54, 1.807) is 18.2 Å². The maximum atomic E-state index is 14.5. The number of benzene rings is 2. The number of unbranched alkanes of at least 4 members (excludes halogenated alkanes) is 2. The minimum Gasteiger partial charge on any atom is -0.489 e. The van der Waals surface area contributed by atoms with Gasteiger partial charge in [-0.2, -0.15) is 11.8 Å². The van der Waals surface area contributed by atoms with Crippen LogP contribution in [-0.2, 0) is 16.2 Å². The first kappa shape index (κ1) is 35.5. The first-order chi connectivity index (χ1) is 23.0. The van der Waals surface area contributed by atoms with Crippen molar-refractivity contribution < 1.29 is 33.7 Å². The fourth-order valence-corrected chi connectivity index (χ4v) is 8.86. The first-order valence-electron chi connectivity index (χ1n) is 17.2. The van der Waals surface area contributed by atoms with E-state index in [-0.39, 0.29) is 54.6 Å². The lowest BCUT2D eigenvalue weighted by Gasteiger charge is -2.58. The molecule has 2 aromatic carbocycles. The molecule has 2 aromatic rings. The van der Waals surface area contributed by atoms with Gasteiger partial charge in [0.25, 0.3) is 0 Å². The average Bonchev–Trinajstić information content (AvgIpc) is 3.08. The number of aliphatic hydroxyl groups is 2. The summed E-state index contributed by atoms with van der Waals surface area (Å²) in [6, 6.07) is 12.6. The Morgan fingerprint density at radius 1 is 1.09 bits per heavy atom. The van der Waals surface area contributed by atoms with Crippen molar-refractivity contribution >= 4 is 17.5 Å². The third-order valence-corrected chi connectivity index (χ3v) is 10.9. The number of nitrogens with zero attached hydrogens (tertiary/aromatic N) is 1. The highest BCUT2D eigenvalue weighted by Gasteiger charge is 2.63. The number of hydrogen-bond acceptors (Lipinski definition) is 8. The van der Waals surface area contributed by atoms with E-state index >= 15 is 0 Å². The van der Waals surface area contributed by atoms with Crippen LogP contribution in [0, 0.1) is 23.6 Å². The van der Waals surface area contributed by atoms with Crippen molar-refractivity contribution in [3.63, 3.8) is 0 Å². The number of oxime groups is 1. The number of hydrogen-bond donors (Lipinski definition) is 2. The molecule has 0 aromatic heterocycles. The van der Waals surface area contributed by atoms with Crippen LogP contribution in [0.2, 0.25) is 0 Å². The molecule has 0 saturated heterocycles. The highest BCUT2D eigenvalue weighted by molar-refractivity contribution is 8.00. The molecular formula is C38H50FNO6S. The number of fused-ring (bicyclic) bond motifs is 2. The molecule has 0 spiro atoms. The molecule has 1 aliphatic heterocycles. The summed E-state index contributed by atoms with van der Waals surface area (Å²) in [7, 11) is 0. The summed E-state index contributed by atoms with van der Waals surface area (Å²) in [5.74, 6) is 1.27. The molecule has 0 amide bonds. The lowest BCUT2D eigenvalue weighted by Crippen LogP contribution is -2.64. The quantitative estimate of drug-likeness (QED) is 0.0952. The monoisotopic (exact) mass is 667 g/mol. The lowest BCUT2D eigenvalue weighted by molar-refractivity contribution is -0.223. The van der Waals surface area contributed by atoms with Gasteiger partial charge in [0.15, 0.2) is 0 Å². The number of rotatable bonds is 18. The predicted octanol–water partition coefficient (Wildman–Crippen LogP) is 7.81. The van der Waals surface area contributed by atoms with Crippen LogP contribution in [0.4, 0.5) is 4.39 Å². The maximum Gasteiger partial charge on any atom is 0.230 e. The number of allylic oxidation sites excluding steroid dienone is 1. The van der Waals surface area contributed by atoms with Crippen LogP contribution in [0.3, 0.4) is 0 Å². The topological polar surface area (TPSA) is 89.7 Å². The molecule has 2 aliphatic carbocycles. The van der Waals surface area contributed by atoms with E-state index in [1.165, 1.54) is 6.07 Å². The molecule has 2 N–H and O–H groups in total. The fourth-order valence-electron chi connectivity index (χ4n) is 7.69. The summed E-state index contributed by atoms with van der Waals surface area (Å²) in [5, 5.41) is 24.1. The number of halogens is 1. The van der Waals surface area contributed by atoms with Crippen LogP contribution in [-0.4, -0.2) is 59.1 Å². The molecule has 1 saturated carbocycles. The van der Waals surface area contributed by atoms with Gasteiger partial charge in [-0.1, -0.05) is 55.3 Å². The van der Waals surface area contributed by atoms with Gasteiger partial charge in [0.2, 0.25) is 5.79 Å². The lowest BCUT2D eigenvalue weighted by atomic mass is 9.56. The summed E-state index contributed by atoms with van der Waals surface area (Å²) >= 11 is 1.82. The van der Waals surface area contributed by atoms with Crippen LogP contribution in [0.25, 0.3) is 0 Å². The Morgan fingerprint density at radius 2 is 1.87 bits per heavy atom. The second kappa shape index (κ2) is 17.0. The van der Waals surface area contributed by atoms with Gasteiger partial charge < -0.3 is 29.3 Å². The summed E-state index contributed by atoms with van der Waals surface area (Å²) in [6.45, 7) is 9.30. The minimum absolute atomic E-state index is 0.00882. The van der Waals surface area contributed by atoms with Gasteiger partial charge in [0, 0.05) is 36.7 Å². The van der Waals surface area contributed by atoms with Crippen molar-refractivity contribution in [3.05, 3.63) is 83.7 Å². The van der Waals surface area contributed by atoms with Crippen LogP contribution in [0.1, 0.15) is 75.8 Å². The molecule has 6 atom stereocenters. The smallest absolute Gasteiger partial charge is 0.230 e. The molecular weight excluding hydrogens is 617 g/mol. The average molecular weight is 668 g/mol. The zero-order valence-electron chi connectivity index (χ0n) is 27.7. The summed E-state index contributed by atoms with van der Waals surface area (Å²) < 4.78 is 34.6. The van der Waals surface area contributed by atoms with Crippen molar-refractivity contribution in [1.82, 2.24) is 0 Å². The zero-order chi connectivity index (χ0) is 33.2. The van der Waals surface area contributed by atoms with Crippen molar-refractivity contribution in [2.45, 2.75) is 82.4 Å². The SMILES string of the molecule is C=CCOC12Oc3ccc(OCc4ccccc4F)cc3C3C(CCCCO)C(CCCCO)C=C(C(=NOCC)CC1SCC)C32. The van der Waals surface area contributed by atoms with Crippen LogP contribution >= 0.6 is 11.8 Å². The fraction of sp³-hybridized carbons (Fsp3) is 0.553. The third-order valence-electron chi connectivity index (χ3n) is 9.64. The maximum absolute atomic E-state index is 14.5. The summed E-state index contributed by atoms with van der Waals surface area (Å²) in [6.07, 6.45) is 9.91. The Balaban J connectivity index is 1.67. The van der Waals surface area contributed by atoms with E-state index in [0.29, 0.717) is 30.9 Å². The van der Waals surface area contributed by atoms with Crippen LogP contribution in [0.15, 0.2) is 71.9 Å². The summed E-state index contributed by atoms with van der Waals surface area (Å²) in [4.78, 5) is 5.73. The Morgan fingerprint density at radius 3 is 2.60 bits per heavy atom. The molecule has 3 aliphatic rings. The standard InChI is InChI=1S/C38H50FNO6S/c1-4-21-44-38-35(47-6-3)24-33(40-45-5-2)30-22-26(13-9-11-19-41)29(15-10-12-20-42)36(37(30)38)31-23-28(17-18-34(31)46-38)43-25-27-14-7-8-16-32(27)39/h4,7-8,14,16-18,22-23,26,29,35-37,41-42H,1,5-6,9-13,15,19-21,24-25H2,2-3H3. The molecule has 1 fully saturated rings. The molecule has 0 radical (unpaired) electrons. The Labute approximate surface area is 283 Å². The van der Waals surface area contributed by atoms with Gasteiger partial charge in [0.1, 0.15) is 30.5 Å². The molecule has 0 bridgehead atoms. The van der Waals surface area contributed by atoms with E-state index in [0.717, 1.165) is 66.9 Å². The first-order valence-corrected chi connectivity index (χ1v) is 18.2. The molecule has 9 heteroatoms. The van der Waals surface area contributed by atoms with Gasteiger partial charge in [-0.05, 0) is 80.0 Å². The van der Waals surface area contributed by atoms with E-state index in [4.69, 9.17) is 24.2 Å². The highest BCUT2D eigenvalue weighted by Crippen LogP contribution is 2.62. The molecule has 5 rings (SSSR count). The normalized spacial score (nSPS) is 27.0. The number of ether oxygens (including phenoxy) is 3. The summed E-state index contributed by atoms with van der Waals surface area (Å²) in [5.41, 5.74) is 3.58. The number of aliphatic hydroxyl groups excluding tert-OH is 2. The van der Waals surface area contributed by atoms with Gasteiger partial charge in [-0.3, -0.25) is 0 Å². The highest BCUT2D eigenvalue weighted by atomic mass is 32.2. The van der Waals surface area contributed by atoms with E-state index < -0.39 is 5.79 Å². The minimum atomic E-state index is -0.968. The molecule has 6 unspecified atom stereocenters. The van der Waals surface area contributed by atoms with Crippen LogP contribution < -0.4 is 9.47 Å². The largest absolute Gasteiger partial charge is 0.489 e. The molecule has 1 heterocycles.